The molecule has 13 heavy (non-hydrogen) atoms. The van der Waals surface area contributed by atoms with Gasteiger partial charge in [-0.2, -0.15) is 0 Å². The topological polar surface area (TPSA) is 37.4 Å². The van der Waals surface area contributed by atoms with Crippen LogP contribution < -0.4 is 0 Å². The van der Waals surface area contributed by atoms with Crippen LogP contribution in [0.15, 0.2) is 0 Å². The molecule has 0 aromatic heterocycles. The van der Waals surface area contributed by atoms with Crippen molar-refractivity contribution >= 4 is 16.6 Å². The van der Waals surface area contributed by atoms with E-state index in [0.717, 1.165) is 31.1 Å². The van der Waals surface area contributed by atoms with Crippen LogP contribution in [0.2, 0.25) is 0 Å². The number of piperidine rings is 1. The Kier molecular flexibility index (Phi) is 4.59. The van der Waals surface area contributed by atoms with Gasteiger partial charge in [0, 0.05) is 54.8 Å². The van der Waals surface area contributed by atoms with Gasteiger partial charge < -0.3 is 4.90 Å². The molecule has 1 aliphatic heterocycles. The van der Waals surface area contributed by atoms with Crippen LogP contribution in [0.4, 0.5) is 0 Å². The fraction of sp³-hybridized carbons (Fsp3) is 0.889. The Morgan fingerprint density at radius 1 is 1.38 bits per heavy atom. The largest absolute Gasteiger partial charge is 0.302 e. The number of nitrogens with zero attached hydrogens (tertiary/aromatic N) is 1. The second kappa shape index (κ2) is 5.50. The lowest BCUT2D eigenvalue weighted by atomic mass is 10.1. The minimum atomic E-state index is -0.664. The normalized spacial score (nSPS) is 21.8. The second-order valence-electron chi connectivity index (χ2n) is 3.31. The number of rotatable bonds is 4. The molecule has 1 unspecified atom stereocenters. The van der Waals surface area contributed by atoms with Crippen molar-refractivity contribution < 1.29 is 9.00 Å². The molecule has 4 heteroatoms. The number of carbonyl (C=O) groups excluding carboxylic acids is 1. The summed E-state index contributed by atoms with van der Waals surface area (Å²) in [6.07, 6.45) is 1.36. The Bertz CT molecular complexity index is 196. The molecule has 76 valence electrons. The fourth-order valence-corrected chi connectivity index (χ4v) is 2.15. The molecule has 1 aliphatic rings. The first kappa shape index (κ1) is 10.9. The first-order valence-corrected chi connectivity index (χ1v) is 6.30. The Labute approximate surface area is 81.9 Å². The molecule has 1 rings (SSSR count). The summed E-state index contributed by atoms with van der Waals surface area (Å²) in [7, 11) is -0.664. The summed E-state index contributed by atoms with van der Waals surface area (Å²) in [6, 6.07) is 0. The molecular weight excluding hydrogens is 186 g/mol. The van der Waals surface area contributed by atoms with E-state index in [4.69, 9.17) is 0 Å². The van der Waals surface area contributed by atoms with Crippen LogP contribution >= 0.6 is 0 Å². The van der Waals surface area contributed by atoms with Gasteiger partial charge in [0.25, 0.3) is 0 Å². The highest BCUT2D eigenvalue weighted by molar-refractivity contribution is 7.84. The van der Waals surface area contributed by atoms with E-state index in [9.17, 15) is 9.00 Å². The standard InChI is InChI=1S/C9H17NO2S/c1-2-13(12)8-7-10-5-3-9(11)4-6-10/h2-8H2,1H3. The second-order valence-corrected chi connectivity index (χ2v) is 5.18. The fourth-order valence-electron chi connectivity index (χ4n) is 1.40. The molecule has 0 aliphatic carbocycles. The molecule has 0 amide bonds. The van der Waals surface area contributed by atoms with E-state index < -0.39 is 10.8 Å². The highest BCUT2D eigenvalue weighted by atomic mass is 32.2. The first-order chi connectivity index (χ1) is 6.22. The Morgan fingerprint density at radius 3 is 2.54 bits per heavy atom. The van der Waals surface area contributed by atoms with Gasteiger partial charge in [0.05, 0.1) is 0 Å². The molecule has 0 aromatic carbocycles. The number of Topliss-reactive ketones (excluding diaryl/α,β-unsaturated/α-hetero) is 1. The van der Waals surface area contributed by atoms with Crippen molar-refractivity contribution in [2.24, 2.45) is 0 Å². The number of hydrogen-bond donors (Lipinski definition) is 0. The number of hydrogen-bond acceptors (Lipinski definition) is 3. The molecule has 0 radical (unpaired) electrons. The van der Waals surface area contributed by atoms with Gasteiger partial charge in [-0.15, -0.1) is 0 Å². The van der Waals surface area contributed by atoms with Crippen molar-refractivity contribution in [3.05, 3.63) is 0 Å². The zero-order valence-electron chi connectivity index (χ0n) is 8.12. The Hall–Kier alpha value is -0.220. The van der Waals surface area contributed by atoms with E-state index in [0.29, 0.717) is 18.6 Å². The van der Waals surface area contributed by atoms with Crippen molar-refractivity contribution in [3.8, 4) is 0 Å². The summed E-state index contributed by atoms with van der Waals surface area (Å²) >= 11 is 0. The van der Waals surface area contributed by atoms with Crippen molar-refractivity contribution in [1.82, 2.24) is 4.90 Å². The van der Waals surface area contributed by atoms with Crippen LogP contribution in [-0.4, -0.2) is 46.0 Å². The summed E-state index contributed by atoms with van der Waals surface area (Å²) in [6.45, 7) is 4.54. The average Bonchev–Trinajstić information content (AvgIpc) is 2.16. The molecule has 3 nitrogen and oxygen atoms in total. The molecular formula is C9H17NO2S. The van der Waals surface area contributed by atoms with Gasteiger partial charge in [-0.3, -0.25) is 9.00 Å². The molecule has 0 N–H and O–H groups in total. The van der Waals surface area contributed by atoms with E-state index >= 15 is 0 Å². The van der Waals surface area contributed by atoms with Crippen molar-refractivity contribution in [3.63, 3.8) is 0 Å². The molecule has 0 aromatic rings. The summed E-state index contributed by atoms with van der Waals surface area (Å²) in [5, 5.41) is 0. The third-order valence-corrected chi connectivity index (χ3v) is 3.65. The summed E-state index contributed by atoms with van der Waals surface area (Å²) < 4.78 is 11.1. The van der Waals surface area contributed by atoms with Gasteiger partial charge in [0.2, 0.25) is 0 Å². The van der Waals surface area contributed by atoms with Crippen LogP contribution in [0.3, 0.4) is 0 Å². The lowest BCUT2D eigenvalue weighted by Crippen LogP contribution is -2.36. The maximum absolute atomic E-state index is 11.1. The number of carbonyl (C=O) groups is 1. The minimum Gasteiger partial charge on any atom is -0.302 e. The van der Waals surface area contributed by atoms with E-state index in [-0.39, 0.29) is 0 Å². The average molecular weight is 203 g/mol. The molecule has 0 spiro atoms. The predicted octanol–water partition coefficient (Wildman–Crippen LogP) is 0.420. The van der Waals surface area contributed by atoms with Crippen LogP contribution in [0.1, 0.15) is 19.8 Å². The van der Waals surface area contributed by atoms with Gasteiger partial charge in [0.1, 0.15) is 5.78 Å². The Balaban J connectivity index is 2.15. The predicted molar refractivity (Wildman–Crippen MR) is 54.2 cm³/mol. The number of likely N-dealkylation sites (tertiary alicyclic amines) is 1. The molecule has 1 heterocycles. The lowest BCUT2D eigenvalue weighted by molar-refractivity contribution is -0.121. The highest BCUT2D eigenvalue weighted by Gasteiger charge is 2.15. The third-order valence-electron chi connectivity index (χ3n) is 2.37. The summed E-state index contributed by atoms with van der Waals surface area (Å²) in [5.74, 6) is 1.87. The first-order valence-electron chi connectivity index (χ1n) is 4.81. The van der Waals surface area contributed by atoms with Crippen molar-refractivity contribution in [2.75, 3.05) is 31.1 Å². The van der Waals surface area contributed by atoms with E-state index in [2.05, 4.69) is 4.90 Å². The van der Waals surface area contributed by atoms with Crippen LogP contribution in [0, 0.1) is 0 Å². The van der Waals surface area contributed by atoms with Crippen LogP contribution in [0.25, 0.3) is 0 Å². The van der Waals surface area contributed by atoms with Gasteiger partial charge in [-0.25, -0.2) is 0 Å². The molecule has 1 atom stereocenters. The Morgan fingerprint density at radius 2 is 2.00 bits per heavy atom. The van der Waals surface area contributed by atoms with Crippen molar-refractivity contribution in [2.45, 2.75) is 19.8 Å². The van der Waals surface area contributed by atoms with Gasteiger partial charge >= 0.3 is 0 Å². The van der Waals surface area contributed by atoms with E-state index in [1.54, 1.807) is 0 Å². The maximum atomic E-state index is 11.1. The molecule has 1 fully saturated rings. The zero-order valence-corrected chi connectivity index (χ0v) is 8.94. The minimum absolute atomic E-state index is 0.368. The SMILES string of the molecule is CCS(=O)CCN1CCC(=O)CC1. The summed E-state index contributed by atoms with van der Waals surface area (Å²) in [4.78, 5) is 13.1. The summed E-state index contributed by atoms with van der Waals surface area (Å²) in [5.41, 5.74) is 0. The van der Waals surface area contributed by atoms with Gasteiger partial charge in [-0.05, 0) is 0 Å². The highest BCUT2D eigenvalue weighted by Crippen LogP contribution is 2.04. The smallest absolute Gasteiger partial charge is 0.135 e. The number of ketones is 1. The van der Waals surface area contributed by atoms with Crippen molar-refractivity contribution in [1.29, 1.82) is 0 Å². The van der Waals surface area contributed by atoms with Gasteiger partial charge in [-0.1, -0.05) is 6.92 Å². The third kappa shape index (κ3) is 4.00. The van der Waals surface area contributed by atoms with E-state index in [1.165, 1.54) is 0 Å². The van der Waals surface area contributed by atoms with Crippen LogP contribution in [0.5, 0.6) is 0 Å². The quantitative estimate of drug-likeness (QED) is 0.664. The van der Waals surface area contributed by atoms with Gasteiger partial charge in [0.15, 0.2) is 0 Å². The molecule has 0 saturated carbocycles. The van der Waals surface area contributed by atoms with E-state index in [1.807, 2.05) is 6.92 Å². The van der Waals surface area contributed by atoms with Crippen LogP contribution in [-0.2, 0) is 15.6 Å². The zero-order chi connectivity index (χ0) is 9.68. The molecule has 0 bridgehead atoms. The lowest BCUT2D eigenvalue weighted by Gasteiger charge is -2.25. The maximum Gasteiger partial charge on any atom is 0.135 e. The molecule has 1 saturated heterocycles. The monoisotopic (exact) mass is 203 g/mol.